The van der Waals surface area contributed by atoms with Crippen LogP contribution >= 0.6 is 0 Å². The number of methoxy groups -OCH3 is 1. The monoisotopic (exact) mass is 353 g/mol. The standard InChI is InChI=1S/C21H27N3O2/c1-12-8-18(17-11-16(26-2)6-7-19(17)23-12)21(25)24-20-13-4-3-5-14(20)10-15(22)9-13/h6-8,11,13-15,20H,3-5,9-10,22H2,1-2H3,(H,24,25). The van der Waals surface area contributed by atoms with Gasteiger partial charge in [0.1, 0.15) is 5.75 Å². The predicted octanol–water partition coefficient (Wildman–Crippen LogP) is 3.19. The highest BCUT2D eigenvalue weighted by Gasteiger charge is 2.40. The molecule has 2 atom stereocenters. The van der Waals surface area contributed by atoms with Crippen LogP contribution in [-0.4, -0.2) is 30.1 Å². The third-order valence-electron chi connectivity index (χ3n) is 6.06. The topological polar surface area (TPSA) is 77.2 Å². The van der Waals surface area contributed by atoms with Crippen LogP contribution in [-0.2, 0) is 0 Å². The van der Waals surface area contributed by atoms with Crippen molar-refractivity contribution < 1.29 is 9.53 Å². The molecule has 2 fully saturated rings. The van der Waals surface area contributed by atoms with Gasteiger partial charge in [0.15, 0.2) is 0 Å². The predicted molar refractivity (Wildman–Crippen MR) is 102 cm³/mol. The second-order valence-electron chi connectivity index (χ2n) is 7.88. The molecular formula is C21H27N3O2. The Morgan fingerprint density at radius 3 is 2.65 bits per heavy atom. The fourth-order valence-corrected chi connectivity index (χ4v) is 4.91. The van der Waals surface area contributed by atoms with Gasteiger partial charge in [0.25, 0.3) is 5.91 Å². The van der Waals surface area contributed by atoms with Crippen molar-refractivity contribution in [3.8, 4) is 5.75 Å². The smallest absolute Gasteiger partial charge is 0.252 e. The number of carbonyl (C=O) groups excluding carboxylic acids is 1. The minimum absolute atomic E-state index is 0.00822. The van der Waals surface area contributed by atoms with E-state index in [0.717, 1.165) is 35.2 Å². The van der Waals surface area contributed by atoms with Crippen molar-refractivity contribution >= 4 is 16.8 Å². The summed E-state index contributed by atoms with van der Waals surface area (Å²) in [5.41, 5.74) is 8.57. The lowest BCUT2D eigenvalue weighted by Crippen LogP contribution is -2.53. The third-order valence-corrected chi connectivity index (χ3v) is 6.06. The van der Waals surface area contributed by atoms with E-state index in [-0.39, 0.29) is 18.0 Å². The number of ether oxygens (including phenoxy) is 1. The highest BCUT2D eigenvalue weighted by Crippen LogP contribution is 2.40. The zero-order chi connectivity index (χ0) is 18.3. The maximum Gasteiger partial charge on any atom is 0.252 e. The van der Waals surface area contributed by atoms with Crippen LogP contribution in [0.5, 0.6) is 5.75 Å². The Morgan fingerprint density at radius 2 is 1.96 bits per heavy atom. The van der Waals surface area contributed by atoms with Crippen molar-refractivity contribution in [3.05, 3.63) is 35.5 Å². The summed E-state index contributed by atoms with van der Waals surface area (Å²) in [6, 6.07) is 8.09. The largest absolute Gasteiger partial charge is 0.497 e. The first-order valence-electron chi connectivity index (χ1n) is 9.57. The number of hydrogen-bond acceptors (Lipinski definition) is 4. The molecule has 1 aromatic heterocycles. The Bertz CT molecular complexity index is 821. The van der Waals surface area contributed by atoms with Gasteiger partial charge in [-0.2, -0.15) is 0 Å². The molecule has 1 heterocycles. The molecule has 0 spiro atoms. The van der Waals surface area contributed by atoms with E-state index >= 15 is 0 Å². The summed E-state index contributed by atoms with van der Waals surface area (Å²) in [6.07, 6.45) is 5.62. The molecule has 26 heavy (non-hydrogen) atoms. The van der Waals surface area contributed by atoms with Gasteiger partial charge in [0.05, 0.1) is 18.2 Å². The van der Waals surface area contributed by atoms with Gasteiger partial charge >= 0.3 is 0 Å². The zero-order valence-electron chi connectivity index (χ0n) is 15.5. The number of fused-ring (bicyclic) bond motifs is 3. The number of nitrogens with two attached hydrogens (primary N) is 1. The van der Waals surface area contributed by atoms with E-state index in [2.05, 4.69) is 10.3 Å². The van der Waals surface area contributed by atoms with Gasteiger partial charge in [-0.3, -0.25) is 9.78 Å². The summed E-state index contributed by atoms with van der Waals surface area (Å²) in [6.45, 7) is 1.93. The Balaban J connectivity index is 1.66. The lowest BCUT2D eigenvalue weighted by atomic mass is 9.67. The summed E-state index contributed by atoms with van der Waals surface area (Å²) in [7, 11) is 1.63. The fourth-order valence-electron chi connectivity index (χ4n) is 4.91. The molecule has 5 nitrogen and oxygen atoms in total. The average molecular weight is 353 g/mol. The van der Waals surface area contributed by atoms with Crippen LogP contribution in [0.3, 0.4) is 0 Å². The van der Waals surface area contributed by atoms with E-state index in [0.29, 0.717) is 17.4 Å². The molecule has 2 aliphatic rings. The lowest BCUT2D eigenvalue weighted by molar-refractivity contribution is 0.0757. The van der Waals surface area contributed by atoms with E-state index in [1.807, 2.05) is 31.2 Å². The Labute approximate surface area is 154 Å². The molecule has 2 saturated carbocycles. The molecule has 0 saturated heterocycles. The number of aromatic nitrogens is 1. The van der Waals surface area contributed by atoms with Gasteiger partial charge in [-0.25, -0.2) is 0 Å². The van der Waals surface area contributed by atoms with Gasteiger partial charge in [-0.15, -0.1) is 0 Å². The maximum atomic E-state index is 13.2. The van der Waals surface area contributed by atoms with Gasteiger partial charge in [-0.1, -0.05) is 6.42 Å². The molecule has 2 unspecified atom stereocenters. The van der Waals surface area contributed by atoms with Crippen LogP contribution in [0.4, 0.5) is 0 Å². The van der Waals surface area contributed by atoms with E-state index in [1.54, 1.807) is 7.11 Å². The van der Waals surface area contributed by atoms with Crippen molar-refractivity contribution in [1.82, 2.24) is 10.3 Å². The normalized spacial score (nSPS) is 28.0. The molecule has 5 heteroatoms. The van der Waals surface area contributed by atoms with Crippen molar-refractivity contribution in [2.24, 2.45) is 17.6 Å². The summed E-state index contributed by atoms with van der Waals surface area (Å²) >= 11 is 0. The van der Waals surface area contributed by atoms with Gasteiger partial charge < -0.3 is 15.8 Å². The second kappa shape index (κ2) is 6.88. The molecule has 1 amide bonds. The number of nitrogens with one attached hydrogen (secondary N) is 1. The molecule has 4 rings (SSSR count). The number of rotatable bonds is 3. The highest BCUT2D eigenvalue weighted by atomic mass is 16.5. The summed E-state index contributed by atoms with van der Waals surface area (Å²) in [5, 5.41) is 4.19. The number of benzene rings is 1. The summed E-state index contributed by atoms with van der Waals surface area (Å²) in [4.78, 5) is 17.7. The van der Waals surface area contributed by atoms with Crippen molar-refractivity contribution in [2.75, 3.05) is 7.11 Å². The minimum Gasteiger partial charge on any atom is -0.497 e. The Kier molecular flexibility index (Phi) is 4.57. The number of amides is 1. The maximum absolute atomic E-state index is 13.2. The quantitative estimate of drug-likeness (QED) is 0.888. The molecule has 138 valence electrons. The molecule has 2 aromatic rings. The second-order valence-corrected chi connectivity index (χ2v) is 7.88. The van der Waals surface area contributed by atoms with Crippen molar-refractivity contribution in [1.29, 1.82) is 0 Å². The number of aryl methyl sites for hydroxylation is 1. The molecule has 2 aliphatic carbocycles. The first kappa shape index (κ1) is 17.3. The Hall–Kier alpha value is -2.14. The number of carbonyl (C=O) groups is 1. The van der Waals surface area contributed by atoms with E-state index in [1.165, 1.54) is 19.3 Å². The first-order valence-corrected chi connectivity index (χ1v) is 9.57. The zero-order valence-corrected chi connectivity index (χ0v) is 15.5. The molecule has 1 aromatic carbocycles. The SMILES string of the molecule is COc1ccc2nc(C)cc(C(=O)NC3C4CCCC3CC(N)C4)c2c1. The first-order chi connectivity index (χ1) is 12.5. The van der Waals surface area contributed by atoms with Crippen LogP contribution in [0.15, 0.2) is 24.3 Å². The van der Waals surface area contributed by atoms with Crippen LogP contribution in [0.25, 0.3) is 10.9 Å². The van der Waals surface area contributed by atoms with Crippen molar-refractivity contribution in [3.63, 3.8) is 0 Å². The number of nitrogens with zero attached hydrogens (tertiary/aromatic N) is 1. The third kappa shape index (κ3) is 3.16. The van der Waals surface area contributed by atoms with E-state index < -0.39 is 0 Å². The molecule has 0 aliphatic heterocycles. The molecule has 3 N–H and O–H groups in total. The lowest BCUT2D eigenvalue weighted by Gasteiger charge is -2.45. The van der Waals surface area contributed by atoms with Crippen molar-refractivity contribution in [2.45, 2.75) is 51.1 Å². The van der Waals surface area contributed by atoms with Gasteiger partial charge in [-0.05, 0) is 68.7 Å². The molecular weight excluding hydrogens is 326 g/mol. The molecule has 2 bridgehead atoms. The fraction of sp³-hybridized carbons (Fsp3) is 0.524. The van der Waals surface area contributed by atoms with Crippen LogP contribution < -0.4 is 15.8 Å². The highest BCUT2D eigenvalue weighted by molar-refractivity contribution is 6.06. The number of hydrogen-bond donors (Lipinski definition) is 2. The average Bonchev–Trinajstić information content (AvgIpc) is 2.61. The van der Waals surface area contributed by atoms with Gasteiger partial charge in [0, 0.05) is 23.2 Å². The molecule has 0 radical (unpaired) electrons. The number of pyridine rings is 1. The van der Waals surface area contributed by atoms with E-state index in [4.69, 9.17) is 10.5 Å². The van der Waals surface area contributed by atoms with Crippen LogP contribution in [0.2, 0.25) is 0 Å². The summed E-state index contributed by atoms with van der Waals surface area (Å²) < 4.78 is 5.34. The van der Waals surface area contributed by atoms with Crippen LogP contribution in [0, 0.1) is 18.8 Å². The summed E-state index contributed by atoms with van der Waals surface area (Å²) in [5.74, 6) is 1.74. The van der Waals surface area contributed by atoms with Gasteiger partial charge in [0.2, 0.25) is 0 Å². The van der Waals surface area contributed by atoms with E-state index in [9.17, 15) is 4.79 Å². The Morgan fingerprint density at radius 1 is 1.23 bits per heavy atom. The minimum atomic E-state index is -0.00822. The van der Waals surface area contributed by atoms with Crippen LogP contribution in [0.1, 0.15) is 48.2 Å².